The number of halogens is 1. The average molecular weight is 242 g/mol. The molecule has 0 aliphatic rings. The minimum absolute atomic E-state index is 0.367. The van der Waals surface area contributed by atoms with E-state index < -0.39 is 0 Å². The van der Waals surface area contributed by atoms with Crippen molar-refractivity contribution in [3.63, 3.8) is 0 Å². The number of hydrogen-bond acceptors (Lipinski definition) is 3. The largest absolute Gasteiger partial charge is 0.411 e. The van der Waals surface area contributed by atoms with Gasteiger partial charge in [-0.05, 0) is 0 Å². The molecule has 0 fully saturated rings. The van der Waals surface area contributed by atoms with Crippen LogP contribution in [-0.4, -0.2) is 28.3 Å². The zero-order valence-electron chi connectivity index (χ0n) is 4.67. The van der Waals surface area contributed by atoms with Crippen LogP contribution in [0.4, 0.5) is 0 Å². The van der Waals surface area contributed by atoms with Crippen LogP contribution >= 0.6 is 22.6 Å². The smallest absolute Gasteiger partial charge is 0.265 e. The zero-order chi connectivity index (χ0) is 7.11. The molecule has 0 aliphatic heterocycles. The summed E-state index contributed by atoms with van der Waals surface area (Å²) in [6, 6.07) is 0. The lowest BCUT2D eigenvalue weighted by molar-refractivity contribution is -0.114. The monoisotopic (exact) mass is 242 g/mol. The molecule has 0 bridgehead atoms. The molecule has 0 saturated carbocycles. The molecule has 52 valence electrons. The van der Waals surface area contributed by atoms with E-state index in [0.717, 1.165) is 10.6 Å². The molecular formula is C4H7IN2O2. The third-order valence-electron chi connectivity index (χ3n) is 0.569. The van der Waals surface area contributed by atoms with Gasteiger partial charge in [0.1, 0.15) is 6.21 Å². The van der Waals surface area contributed by atoms with Gasteiger partial charge in [-0.25, -0.2) is 0 Å². The summed E-state index contributed by atoms with van der Waals surface area (Å²) in [4.78, 5) is 10.4. The maximum absolute atomic E-state index is 10.4. The number of nitrogens with one attached hydrogen (secondary N) is 1. The lowest BCUT2D eigenvalue weighted by Gasteiger charge is -1.93. The van der Waals surface area contributed by atoms with Crippen molar-refractivity contribution in [1.82, 2.24) is 5.32 Å². The van der Waals surface area contributed by atoms with Crippen LogP contribution in [-0.2, 0) is 4.79 Å². The van der Waals surface area contributed by atoms with E-state index in [-0.39, 0.29) is 5.91 Å². The van der Waals surface area contributed by atoms with Crippen LogP contribution in [0.3, 0.4) is 0 Å². The van der Waals surface area contributed by atoms with E-state index in [1.165, 1.54) is 0 Å². The molecule has 0 aromatic heterocycles. The third-order valence-corrected chi connectivity index (χ3v) is 1.11. The van der Waals surface area contributed by atoms with Gasteiger partial charge in [-0.3, -0.25) is 4.79 Å². The lowest BCUT2D eigenvalue weighted by atomic mass is 10.6. The number of amides is 1. The highest BCUT2D eigenvalue weighted by Crippen LogP contribution is 1.74. The zero-order valence-corrected chi connectivity index (χ0v) is 6.83. The SMILES string of the molecule is O=C(C=NO)NCCI. The summed E-state index contributed by atoms with van der Waals surface area (Å²) in [7, 11) is 0. The van der Waals surface area contributed by atoms with Gasteiger partial charge < -0.3 is 10.5 Å². The van der Waals surface area contributed by atoms with Gasteiger partial charge >= 0.3 is 0 Å². The van der Waals surface area contributed by atoms with Crippen molar-refractivity contribution < 1.29 is 10.0 Å². The molecule has 4 nitrogen and oxygen atoms in total. The number of nitrogens with zero attached hydrogens (tertiary/aromatic N) is 1. The van der Waals surface area contributed by atoms with Crippen LogP contribution in [0.15, 0.2) is 5.16 Å². The Balaban J connectivity index is 3.27. The summed E-state index contributed by atoms with van der Waals surface area (Å²) in [5.74, 6) is -0.367. The third kappa shape index (κ3) is 5.54. The van der Waals surface area contributed by atoms with Crippen molar-refractivity contribution in [3.8, 4) is 0 Å². The highest BCUT2D eigenvalue weighted by molar-refractivity contribution is 14.1. The van der Waals surface area contributed by atoms with Crippen molar-refractivity contribution >= 4 is 34.7 Å². The molecule has 1 amide bonds. The van der Waals surface area contributed by atoms with Crippen molar-refractivity contribution in [2.75, 3.05) is 11.0 Å². The van der Waals surface area contributed by atoms with Crippen molar-refractivity contribution in [2.24, 2.45) is 5.16 Å². The van der Waals surface area contributed by atoms with Gasteiger partial charge in [0.25, 0.3) is 5.91 Å². The molecule has 0 unspecified atom stereocenters. The average Bonchev–Trinajstić information content (AvgIpc) is 1.85. The molecule has 0 radical (unpaired) electrons. The Hall–Kier alpha value is -0.330. The Bertz CT molecular complexity index is 115. The van der Waals surface area contributed by atoms with Gasteiger partial charge in [-0.2, -0.15) is 0 Å². The summed E-state index contributed by atoms with van der Waals surface area (Å²) in [5.41, 5.74) is 0. The number of alkyl halides is 1. The second kappa shape index (κ2) is 5.80. The van der Waals surface area contributed by atoms with Gasteiger partial charge in [-0.1, -0.05) is 27.7 Å². The Labute approximate surface area is 66.5 Å². The van der Waals surface area contributed by atoms with Gasteiger partial charge in [0, 0.05) is 11.0 Å². The fraction of sp³-hybridized carbons (Fsp3) is 0.500. The molecule has 0 spiro atoms. The molecule has 0 atom stereocenters. The molecule has 0 rings (SSSR count). The van der Waals surface area contributed by atoms with E-state index in [4.69, 9.17) is 5.21 Å². The maximum atomic E-state index is 10.4. The molecule has 0 aromatic rings. The van der Waals surface area contributed by atoms with E-state index in [0.29, 0.717) is 6.54 Å². The summed E-state index contributed by atoms with van der Waals surface area (Å²) in [5, 5.41) is 12.9. The van der Waals surface area contributed by atoms with Crippen molar-refractivity contribution in [3.05, 3.63) is 0 Å². The first-order valence-electron chi connectivity index (χ1n) is 2.32. The van der Waals surface area contributed by atoms with Gasteiger partial charge in [0.05, 0.1) is 0 Å². The first kappa shape index (κ1) is 8.67. The fourth-order valence-electron chi connectivity index (χ4n) is 0.269. The predicted molar refractivity (Wildman–Crippen MR) is 42.2 cm³/mol. The van der Waals surface area contributed by atoms with Crippen LogP contribution in [0.5, 0.6) is 0 Å². The van der Waals surface area contributed by atoms with Crippen LogP contribution in [0.2, 0.25) is 0 Å². The summed E-state index contributed by atoms with van der Waals surface area (Å²) in [6.07, 6.45) is 0.826. The minimum atomic E-state index is -0.367. The second-order valence-corrected chi connectivity index (χ2v) is 2.30. The Kier molecular flexibility index (Phi) is 5.59. The van der Waals surface area contributed by atoms with Gasteiger partial charge in [0.2, 0.25) is 0 Å². The molecule has 0 aromatic carbocycles. The quantitative estimate of drug-likeness (QED) is 0.240. The number of hydrogen-bond donors (Lipinski definition) is 2. The van der Waals surface area contributed by atoms with Gasteiger partial charge in [0.15, 0.2) is 0 Å². The minimum Gasteiger partial charge on any atom is -0.411 e. The van der Waals surface area contributed by atoms with E-state index in [2.05, 4.69) is 33.1 Å². The molecule has 0 saturated heterocycles. The van der Waals surface area contributed by atoms with Crippen molar-refractivity contribution in [2.45, 2.75) is 0 Å². The summed E-state index contributed by atoms with van der Waals surface area (Å²) < 4.78 is 0.850. The number of carbonyl (C=O) groups excluding carboxylic acids is 1. The predicted octanol–water partition coefficient (Wildman–Crippen LogP) is -0.00240. The fourth-order valence-corrected chi connectivity index (χ4v) is 0.538. The number of carbonyl (C=O) groups is 1. The Morgan fingerprint density at radius 2 is 2.56 bits per heavy atom. The molecular weight excluding hydrogens is 235 g/mol. The van der Waals surface area contributed by atoms with Crippen LogP contribution in [0.25, 0.3) is 0 Å². The van der Waals surface area contributed by atoms with Crippen LogP contribution in [0, 0.1) is 0 Å². The molecule has 9 heavy (non-hydrogen) atoms. The van der Waals surface area contributed by atoms with Crippen molar-refractivity contribution in [1.29, 1.82) is 0 Å². The Morgan fingerprint density at radius 1 is 1.89 bits per heavy atom. The Morgan fingerprint density at radius 3 is 3.00 bits per heavy atom. The summed E-state index contributed by atoms with van der Waals surface area (Å²) in [6.45, 7) is 0.603. The van der Waals surface area contributed by atoms with E-state index in [9.17, 15) is 4.79 Å². The first-order chi connectivity index (χ1) is 4.31. The normalized spacial score (nSPS) is 9.89. The highest BCUT2D eigenvalue weighted by atomic mass is 127. The topological polar surface area (TPSA) is 61.7 Å². The number of rotatable bonds is 3. The summed E-state index contributed by atoms with van der Waals surface area (Å²) >= 11 is 2.13. The lowest BCUT2D eigenvalue weighted by Crippen LogP contribution is -2.25. The maximum Gasteiger partial charge on any atom is 0.265 e. The standard InChI is InChI=1S/C4H7IN2O2/c5-1-2-6-4(8)3-7-9/h3,9H,1-2H2,(H,6,8). The van der Waals surface area contributed by atoms with Crippen LogP contribution < -0.4 is 5.32 Å². The molecule has 5 heteroatoms. The molecule has 2 N–H and O–H groups in total. The van der Waals surface area contributed by atoms with E-state index in [1.807, 2.05) is 0 Å². The molecule has 0 heterocycles. The van der Waals surface area contributed by atoms with E-state index in [1.54, 1.807) is 0 Å². The second-order valence-electron chi connectivity index (χ2n) is 1.22. The van der Waals surface area contributed by atoms with Gasteiger partial charge in [-0.15, -0.1) is 0 Å². The van der Waals surface area contributed by atoms with E-state index >= 15 is 0 Å². The first-order valence-corrected chi connectivity index (χ1v) is 3.85. The molecule has 0 aliphatic carbocycles. The van der Waals surface area contributed by atoms with Crippen LogP contribution in [0.1, 0.15) is 0 Å². The number of oxime groups is 1. The highest BCUT2D eigenvalue weighted by Gasteiger charge is 1.91.